The van der Waals surface area contributed by atoms with E-state index in [1.165, 1.54) is 56.4 Å². The summed E-state index contributed by atoms with van der Waals surface area (Å²) in [4.78, 5) is 2.39. The SMILES string of the molecule is CN1CCC(c2ccc(CC3CCNCC3)cc2Cl)C1. The second kappa shape index (κ2) is 6.46. The molecule has 2 fully saturated rings. The minimum atomic E-state index is 0.625. The second-order valence-electron chi connectivity index (χ2n) is 6.50. The molecular weight excluding hydrogens is 268 g/mol. The quantitative estimate of drug-likeness (QED) is 0.919. The van der Waals surface area contributed by atoms with E-state index in [2.05, 4.69) is 35.5 Å². The zero-order chi connectivity index (χ0) is 13.9. The van der Waals surface area contributed by atoms with Gasteiger partial charge in [0.2, 0.25) is 0 Å². The molecule has 0 aliphatic carbocycles. The van der Waals surface area contributed by atoms with Crippen molar-refractivity contribution >= 4 is 11.6 Å². The summed E-state index contributed by atoms with van der Waals surface area (Å²) in [6.07, 6.45) is 5.02. The maximum absolute atomic E-state index is 6.54. The molecule has 2 saturated heterocycles. The lowest BCUT2D eigenvalue weighted by Gasteiger charge is -2.23. The monoisotopic (exact) mass is 292 g/mol. The van der Waals surface area contributed by atoms with E-state index in [1.807, 2.05) is 0 Å². The van der Waals surface area contributed by atoms with E-state index in [9.17, 15) is 0 Å². The minimum Gasteiger partial charge on any atom is -0.317 e. The molecule has 1 N–H and O–H groups in total. The van der Waals surface area contributed by atoms with Gasteiger partial charge in [0.1, 0.15) is 0 Å². The summed E-state index contributed by atoms with van der Waals surface area (Å²) < 4.78 is 0. The lowest BCUT2D eigenvalue weighted by atomic mass is 9.89. The normalized spacial score (nSPS) is 25.2. The van der Waals surface area contributed by atoms with Gasteiger partial charge >= 0.3 is 0 Å². The summed E-state index contributed by atoms with van der Waals surface area (Å²) in [6, 6.07) is 6.81. The molecule has 1 aromatic carbocycles. The Morgan fingerprint density at radius 1 is 1.25 bits per heavy atom. The van der Waals surface area contributed by atoms with Gasteiger partial charge in [0.25, 0.3) is 0 Å². The highest BCUT2D eigenvalue weighted by Gasteiger charge is 2.23. The molecule has 0 spiro atoms. The molecule has 1 unspecified atom stereocenters. The van der Waals surface area contributed by atoms with Crippen LogP contribution in [0.25, 0.3) is 0 Å². The summed E-state index contributed by atoms with van der Waals surface area (Å²) in [7, 11) is 2.19. The summed E-state index contributed by atoms with van der Waals surface area (Å²) in [6.45, 7) is 4.68. The molecule has 2 heterocycles. The smallest absolute Gasteiger partial charge is 0.0444 e. The van der Waals surface area contributed by atoms with Gasteiger partial charge in [0.15, 0.2) is 0 Å². The first-order valence-corrected chi connectivity index (χ1v) is 8.28. The van der Waals surface area contributed by atoms with Crippen LogP contribution in [0.5, 0.6) is 0 Å². The molecule has 3 rings (SSSR count). The van der Waals surface area contributed by atoms with Crippen molar-refractivity contribution in [2.75, 3.05) is 33.2 Å². The van der Waals surface area contributed by atoms with Crippen LogP contribution in [0.1, 0.15) is 36.3 Å². The van der Waals surface area contributed by atoms with Crippen LogP contribution >= 0.6 is 11.6 Å². The zero-order valence-corrected chi connectivity index (χ0v) is 13.1. The molecule has 20 heavy (non-hydrogen) atoms. The third kappa shape index (κ3) is 3.36. The van der Waals surface area contributed by atoms with E-state index in [0.29, 0.717) is 5.92 Å². The predicted molar refractivity (Wildman–Crippen MR) is 85.6 cm³/mol. The molecule has 0 radical (unpaired) electrons. The third-order valence-electron chi connectivity index (χ3n) is 4.88. The molecule has 0 aromatic heterocycles. The van der Waals surface area contributed by atoms with Crippen molar-refractivity contribution in [1.29, 1.82) is 0 Å². The number of nitrogens with one attached hydrogen (secondary N) is 1. The van der Waals surface area contributed by atoms with E-state index in [0.717, 1.165) is 17.5 Å². The van der Waals surface area contributed by atoms with Crippen LogP contribution in [0.4, 0.5) is 0 Å². The van der Waals surface area contributed by atoms with Gasteiger partial charge in [0.05, 0.1) is 0 Å². The number of hydrogen-bond donors (Lipinski definition) is 1. The van der Waals surface area contributed by atoms with Crippen molar-refractivity contribution < 1.29 is 0 Å². The average molecular weight is 293 g/mol. The second-order valence-corrected chi connectivity index (χ2v) is 6.91. The van der Waals surface area contributed by atoms with E-state index in [1.54, 1.807) is 0 Å². The highest BCUT2D eigenvalue weighted by atomic mass is 35.5. The van der Waals surface area contributed by atoms with Crippen molar-refractivity contribution in [3.8, 4) is 0 Å². The number of likely N-dealkylation sites (tertiary alicyclic amines) is 1. The molecule has 3 heteroatoms. The van der Waals surface area contributed by atoms with Crippen LogP contribution in [0.3, 0.4) is 0 Å². The first kappa shape index (κ1) is 14.4. The number of halogens is 1. The first-order chi connectivity index (χ1) is 9.72. The Morgan fingerprint density at radius 2 is 2.05 bits per heavy atom. The van der Waals surface area contributed by atoms with Crippen LogP contribution in [0.15, 0.2) is 18.2 Å². The van der Waals surface area contributed by atoms with Gasteiger partial charge < -0.3 is 10.2 Å². The van der Waals surface area contributed by atoms with E-state index in [-0.39, 0.29) is 0 Å². The summed E-state index contributed by atoms with van der Waals surface area (Å²) in [5.74, 6) is 1.45. The van der Waals surface area contributed by atoms with E-state index < -0.39 is 0 Å². The van der Waals surface area contributed by atoms with Gasteiger partial charge in [-0.2, -0.15) is 0 Å². The van der Waals surface area contributed by atoms with Crippen molar-refractivity contribution in [2.45, 2.75) is 31.6 Å². The Balaban J connectivity index is 1.67. The van der Waals surface area contributed by atoms with Gasteiger partial charge in [-0.3, -0.25) is 0 Å². The van der Waals surface area contributed by atoms with Crippen LogP contribution in [-0.2, 0) is 6.42 Å². The molecule has 1 atom stereocenters. The Kier molecular flexibility index (Phi) is 4.65. The topological polar surface area (TPSA) is 15.3 Å². The van der Waals surface area contributed by atoms with Crippen molar-refractivity contribution in [3.63, 3.8) is 0 Å². The van der Waals surface area contributed by atoms with Gasteiger partial charge in [0, 0.05) is 11.6 Å². The number of rotatable bonds is 3. The molecule has 2 nitrogen and oxygen atoms in total. The van der Waals surface area contributed by atoms with Gasteiger partial charge in [-0.1, -0.05) is 23.7 Å². The maximum atomic E-state index is 6.54. The maximum Gasteiger partial charge on any atom is 0.0444 e. The molecule has 0 bridgehead atoms. The fourth-order valence-corrected chi connectivity index (χ4v) is 3.99. The zero-order valence-electron chi connectivity index (χ0n) is 12.4. The Labute approximate surface area is 127 Å². The largest absolute Gasteiger partial charge is 0.317 e. The lowest BCUT2D eigenvalue weighted by Crippen LogP contribution is -2.28. The molecule has 2 aliphatic heterocycles. The minimum absolute atomic E-state index is 0.625. The highest BCUT2D eigenvalue weighted by molar-refractivity contribution is 6.31. The van der Waals surface area contributed by atoms with Gasteiger partial charge in [-0.05, 0) is 81.4 Å². The molecule has 1 aromatic rings. The number of nitrogens with zero attached hydrogens (tertiary/aromatic N) is 1. The summed E-state index contributed by atoms with van der Waals surface area (Å²) in [5, 5.41) is 4.41. The Bertz CT molecular complexity index is 454. The summed E-state index contributed by atoms with van der Waals surface area (Å²) in [5.41, 5.74) is 2.77. The number of benzene rings is 1. The third-order valence-corrected chi connectivity index (χ3v) is 5.21. The molecule has 0 saturated carbocycles. The first-order valence-electron chi connectivity index (χ1n) is 7.90. The lowest BCUT2D eigenvalue weighted by molar-refractivity contribution is 0.372. The van der Waals surface area contributed by atoms with Gasteiger partial charge in [-0.15, -0.1) is 0 Å². The number of piperidine rings is 1. The predicted octanol–water partition coefficient (Wildman–Crippen LogP) is 3.30. The van der Waals surface area contributed by atoms with Crippen molar-refractivity contribution in [2.24, 2.45) is 5.92 Å². The number of likely N-dealkylation sites (N-methyl/N-ethyl adjacent to an activating group) is 1. The average Bonchev–Trinajstić information content (AvgIpc) is 2.86. The molecular formula is C17H25ClN2. The van der Waals surface area contributed by atoms with Gasteiger partial charge in [-0.25, -0.2) is 0 Å². The summed E-state index contributed by atoms with van der Waals surface area (Å²) >= 11 is 6.54. The fourth-order valence-electron chi connectivity index (χ4n) is 3.64. The van der Waals surface area contributed by atoms with Crippen LogP contribution < -0.4 is 5.32 Å². The van der Waals surface area contributed by atoms with Crippen LogP contribution in [0.2, 0.25) is 5.02 Å². The highest BCUT2D eigenvalue weighted by Crippen LogP contribution is 2.32. The standard InChI is InChI=1S/C17H25ClN2/c1-20-9-6-15(12-20)16-3-2-14(11-17(16)18)10-13-4-7-19-8-5-13/h2-3,11,13,15,19H,4-10,12H2,1H3. The Morgan fingerprint density at radius 3 is 2.70 bits per heavy atom. The van der Waals surface area contributed by atoms with Crippen molar-refractivity contribution in [3.05, 3.63) is 34.3 Å². The Hall–Kier alpha value is -0.570. The number of hydrogen-bond acceptors (Lipinski definition) is 2. The molecule has 0 amide bonds. The van der Waals surface area contributed by atoms with Crippen LogP contribution in [-0.4, -0.2) is 38.1 Å². The van der Waals surface area contributed by atoms with Crippen molar-refractivity contribution in [1.82, 2.24) is 10.2 Å². The fraction of sp³-hybridized carbons (Fsp3) is 0.647. The van der Waals surface area contributed by atoms with E-state index >= 15 is 0 Å². The molecule has 2 aliphatic rings. The van der Waals surface area contributed by atoms with Crippen LogP contribution in [0, 0.1) is 5.92 Å². The van der Waals surface area contributed by atoms with E-state index in [4.69, 9.17) is 11.6 Å². The molecule has 110 valence electrons.